The quantitative estimate of drug-likeness (QED) is 0.629. The summed E-state index contributed by atoms with van der Waals surface area (Å²) < 4.78 is 2.77. The van der Waals surface area contributed by atoms with Crippen LogP contribution in [0.15, 0.2) is 35.5 Å². The van der Waals surface area contributed by atoms with Crippen molar-refractivity contribution in [1.29, 1.82) is 0 Å². The first kappa shape index (κ1) is 16.0. The number of carbonyl (C=O) groups excluding carboxylic acids is 1. The number of thioether (sulfide) groups is 1. The third kappa shape index (κ3) is 2.84. The van der Waals surface area contributed by atoms with Gasteiger partial charge in [-0.2, -0.15) is 0 Å². The highest BCUT2D eigenvalue weighted by Gasteiger charge is 2.30. The predicted octanol–water partition coefficient (Wildman–Crippen LogP) is 3.71. The monoisotopic (exact) mass is 343 g/mol. The molecule has 0 aromatic carbocycles. The molecule has 23 heavy (non-hydrogen) atoms. The van der Waals surface area contributed by atoms with Crippen molar-refractivity contribution in [3.8, 4) is 5.69 Å². The van der Waals surface area contributed by atoms with Gasteiger partial charge in [-0.05, 0) is 50.6 Å². The third-order valence-corrected chi connectivity index (χ3v) is 5.23. The molecule has 0 saturated carbocycles. The first-order valence-corrected chi connectivity index (χ1v) is 8.60. The Morgan fingerprint density at radius 2 is 2.17 bits per heavy atom. The van der Waals surface area contributed by atoms with E-state index in [1.54, 1.807) is 11.1 Å². The number of pyridine rings is 1. The maximum absolute atomic E-state index is 12.4. The van der Waals surface area contributed by atoms with Gasteiger partial charge in [0.15, 0.2) is 0 Å². The van der Waals surface area contributed by atoms with Crippen LogP contribution in [0.4, 0.5) is 0 Å². The van der Waals surface area contributed by atoms with Gasteiger partial charge < -0.3 is 4.57 Å². The van der Waals surface area contributed by atoms with Crippen LogP contribution in [0.5, 0.6) is 0 Å². The summed E-state index contributed by atoms with van der Waals surface area (Å²) in [5.41, 5.74) is 4.23. The van der Waals surface area contributed by atoms with Crippen molar-refractivity contribution in [2.45, 2.75) is 20.8 Å². The second-order valence-electron chi connectivity index (χ2n) is 5.30. The minimum Gasteiger partial charge on any atom is -0.316 e. The molecule has 0 spiro atoms. The van der Waals surface area contributed by atoms with Crippen LogP contribution >= 0.6 is 24.0 Å². The summed E-state index contributed by atoms with van der Waals surface area (Å²) in [6, 6.07) is 6.02. The van der Waals surface area contributed by atoms with Gasteiger partial charge in [-0.25, -0.2) is 0 Å². The van der Waals surface area contributed by atoms with Crippen LogP contribution in [0.3, 0.4) is 0 Å². The molecule has 1 aliphatic rings. The minimum atomic E-state index is -0.00585. The van der Waals surface area contributed by atoms with Crippen LogP contribution in [-0.4, -0.2) is 31.2 Å². The molecule has 118 valence electrons. The first-order valence-electron chi connectivity index (χ1n) is 7.37. The molecule has 0 atom stereocenters. The van der Waals surface area contributed by atoms with Gasteiger partial charge in [-0.15, -0.1) is 0 Å². The Balaban J connectivity index is 2.02. The van der Waals surface area contributed by atoms with Crippen LogP contribution in [0.2, 0.25) is 0 Å². The molecule has 6 heteroatoms. The summed E-state index contributed by atoms with van der Waals surface area (Å²) in [4.78, 5) is 18.9. The fourth-order valence-corrected chi connectivity index (χ4v) is 4.11. The number of amides is 1. The van der Waals surface area contributed by atoms with E-state index in [2.05, 4.69) is 22.5 Å². The lowest BCUT2D eigenvalue weighted by Gasteiger charge is -2.09. The number of likely N-dealkylation sites (N-methyl/N-ethyl adjacent to an activating group) is 1. The number of hydrogen-bond donors (Lipinski definition) is 0. The number of thiocarbonyl (C=S) groups is 1. The number of aromatic nitrogens is 2. The highest BCUT2D eigenvalue weighted by molar-refractivity contribution is 8.26. The lowest BCUT2D eigenvalue weighted by atomic mass is 10.2. The minimum absolute atomic E-state index is 0.00585. The molecule has 2 aromatic heterocycles. The predicted molar refractivity (Wildman–Crippen MR) is 98.6 cm³/mol. The maximum Gasteiger partial charge on any atom is 0.266 e. The average Bonchev–Trinajstić information content (AvgIpc) is 2.96. The molecule has 1 fully saturated rings. The van der Waals surface area contributed by atoms with Crippen LogP contribution in [-0.2, 0) is 4.79 Å². The van der Waals surface area contributed by atoms with Gasteiger partial charge in [0.2, 0.25) is 0 Å². The van der Waals surface area contributed by atoms with Gasteiger partial charge in [0.25, 0.3) is 5.91 Å². The Morgan fingerprint density at radius 1 is 1.39 bits per heavy atom. The molecule has 3 heterocycles. The standard InChI is InChI=1S/C17H17N3OS2/c1-4-19-16(21)15(23-17(19)22)9-13-8-11(2)20(12(13)3)14-6-5-7-18-10-14/h5-10H,4H2,1-3H3. The molecule has 0 aliphatic carbocycles. The van der Waals surface area contributed by atoms with E-state index >= 15 is 0 Å². The zero-order chi connectivity index (χ0) is 16.6. The molecule has 0 radical (unpaired) electrons. The van der Waals surface area contributed by atoms with Crippen molar-refractivity contribution in [1.82, 2.24) is 14.5 Å². The van der Waals surface area contributed by atoms with Crippen molar-refractivity contribution < 1.29 is 4.79 Å². The normalized spacial score (nSPS) is 16.7. The van der Waals surface area contributed by atoms with Crippen LogP contribution < -0.4 is 0 Å². The Labute approximate surface area is 145 Å². The second-order valence-corrected chi connectivity index (χ2v) is 6.97. The Kier molecular flexibility index (Phi) is 4.37. The zero-order valence-electron chi connectivity index (χ0n) is 13.2. The smallest absolute Gasteiger partial charge is 0.266 e. The summed E-state index contributed by atoms with van der Waals surface area (Å²) in [6.07, 6.45) is 5.53. The van der Waals surface area contributed by atoms with E-state index < -0.39 is 0 Å². The molecule has 2 aromatic rings. The van der Waals surface area contributed by atoms with Gasteiger partial charge in [-0.3, -0.25) is 14.7 Å². The lowest BCUT2D eigenvalue weighted by molar-refractivity contribution is -0.121. The largest absolute Gasteiger partial charge is 0.316 e. The number of carbonyl (C=O) groups is 1. The fraction of sp³-hybridized carbons (Fsp3) is 0.235. The van der Waals surface area contributed by atoms with Gasteiger partial charge in [0.1, 0.15) is 4.32 Å². The van der Waals surface area contributed by atoms with E-state index in [4.69, 9.17) is 12.2 Å². The molecule has 1 aliphatic heterocycles. The Morgan fingerprint density at radius 3 is 2.78 bits per heavy atom. The van der Waals surface area contributed by atoms with Crippen LogP contribution in [0.25, 0.3) is 11.8 Å². The average molecular weight is 343 g/mol. The molecule has 3 rings (SSSR count). The van der Waals surface area contributed by atoms with Crippen molar-refractivity contribution in [3.05, 3.63) is 52.4 Å². The van der Waals surface area contributed by atoms with Gasteiger partial charge >= 0.3 is 0 Å². The lowest BCUT2D eigenvalue weighted by Crippen LogP contribution is -2.27. The van der Waals surface area contributed by atoms with Crippen molar-refractivity contribution in [2.75, 3.05) is 6.54 Å². The molecular weight excluding hydrogens is 326 g/mol. The topological polar surface area (TPSA) is 38.1 Å². The van der Waals surface area contributed by atoms with E-state index in [0.29, 0.717) is 15.8 Å². The molecule has 1 saturated heterocycles. The molecule has 0 unspecified atom stereocenters. The zero-order valence-corrected chi connectivity index (χ0v) is 14.9. The Hall–Kier alpha value is -1.92. The first-order chi connectivity index (χ1) is 11.0. The van der Waals surface area contributed by atoms with E-state index in [0.717, 1.165) is 22.6 Å². The summed E-state index contributed by atoms with van der Waals surface area (Å²) in [5.74, 6) is -0.00585. The summed E-state index contributed by atoms with van der Waals surface area (Å²) in [5, 5.41) is 0. The van der Waals surface area contributed by atoms with Crippen molar-refractivity contribution in [2.24, 2.45) is 0 Å². The van der Waals surface area contributed by atoms with Crippen molar-refractivity contribution in [3.63, 3.8) is 0 Å². The summed E-state index contributed by atoms with van der Waals surface area (Å²) in [6.45, 7) is 6.64. The van der Waals surface area contributed by atoms with Crippen LogP contribution in [0, 0.1) is 13.8 Å². The number of aryl methyl sites for hydroxylation is 1. The maximum atomic E-state index is 12.4. The van der Waals surface area contributed by atoms with Gasteiger partial charge in [-0.1, -0.05) is 24.0 Å². The van der Waals surface area contributed by atoms with E-state index in [9.17, 15) is 4.79 Å². The fourth-order valence-electron chi connectivity index (χ4n) is 2.73. The van der Waals surface area contributed by atoms with Gasteiger partial charge in [0, 0.05) is 24.1 Å². The number of hydrogen-bond acceptors (Lipinski definition) is 4. The summed E-state index contributed by atoms with van der Waals surface area (Å²) in [7, 11) is 0. The summed E-state index contributed by atoms with van der Waals surface area (Å²) >= 11 is 6.63. The van der Waals surface area contributed by atoms with Gasteiger partial charge in [0.05, 0.1) is 16.8 Å². The molecule has 4 nitrogen and oxygen atoms in total. The number of nitrogens with zero attached hydrogens (tertiary/aromatic N) is 3. The third-order valence-electron chi connectivity index (χ3n) is 3.85. The second kappa shape index (κ2) is 6.29. The highest BCUT2D eigenvalue weighted by atomic mass is 32.2. The van der Waals surface area contributed by atoms with E-state index in [-0.39, 0.29) is 5.91 Å². The van der Waals surface area contributed by atoms with Crippen molar-refractivity contribution >= 4 is 40.3 Å². The molecular formula is C17H17N3OS2. The van der Waals surface area contributed by atoms with E-state index in [1.165, 1.54) is 11.8 Å². The highest BCUT2D eigenvalue weighted by Crippen LogP contribution is 2.33. The molecule has 0 N–H and O–H groups in total. The van der Waals surface area contributed by atoms with Crippen LogP contribution in [0.1, 0.15) is 23.9 Å². The number of rotatable bonds is 3. The Bertz CT molecular complexity index is 809. The molecule has 1 amide bonds. The SMILES string of the molecule is CCN1C(=O)C(=Cc2cc(C)n(-c3cccnc3)c2C)SC1=S. The van der Waals surface area contributed by atoms with E-state index in [1.807, 2.05) is 38.3 Å². The molecule has 0 bridgehead atoms.